The summed E-state index contributed by atoms with van der Waals surface area (Å²) < 4.78 is 0. The van der Waals surface area contributed by atoms with Crippen molar-refractivity contribution in [2.24, 2.45) is 0 Å². The van der Waals surface area contributed by atoms with Crippen LogP contribution in [0.4, 0.5) is 0 Å². The summed E-state index contributed by atoms with van der Waals surface area (Å²) in [6.07, 6.45) is 3.34. The van der Waals surface area contributed by atoms with Crippen LogP contribution in [0.2, 0.25) is 0 Å². The number of aliphatic hydroxyl groups excluding tert-OH is 1. The van der Waals surface area contributed by atoms with Gasteiger partial charge in [-0.1, -0.05) is 0 Å². The van der Waals surface area contributed by atoms with Gasteiger partial charge in [0.05, 0.1) is 16.4 Å². The molecule has 0 fully saturated rings. The van der Waals surface area contributed by atoms with Crippen LogP contribution < -0.4 is 0 Å². The lowest BCUT2D eigenvalue weighted by atomic mass is 10.1. The fourth-order valence-electron chi connectivity index (χ4n) is 1.38. The van der Waals surface area contributed by atoms with Crippen molar-refractivity contribution in [1.29, 1.82) is 0 Å². The summed E-state index contributed by atoms with van der Waals surface area (Å²) in [6, 6.07) is 0. The van der Waals surface area contributed by atoms with Gasteiger partial charge in [0.25, 0.3) is 5.70 Å². The zero-order chi connectivity index (χ0) is 9.68. The number of nitrogens with zero attached hydrogens (tertiary/aromatic N) is 1. The molecule has 1 aliphatic carbocycles. The van der Waals surface area contributed by atoms with Gasteiger partial charge in [0.2, 0.25) is 0 Å². The molecule has 0 amide bonds. The maximum atomic E-state index is 10.6. The van der Waals surface area contributed by atoms with Crippen LogP contribution in [-0.4, -0.2) is 22.4 Å². The molecule has 0 saturated heterocycles. The standard InChI is InChI=1S/C8H13NO3S/c10-5-6-13-8-4-2-1-3-7(8)9(11)12/h10H,1-6H2. The van der Waals surface area contributed by atoms with Crippen LogP contribution in [0.3, 0.4) is 0 Å². The lowest BCUT2D eigenvalue weighted by molar-refractivity contribution is -0.429. The normalized spacial score (nSPS) is 17.6. The molecule has 4 nitrogen and oxygen atoms in total. The van der Waals surface area contributed by atoms with Crippen LogP contribution in [-0.2, 0) is 0 Å². The summed E-state index contributed by atoms with van der Waals surface area (Å²) in [7, 11) is 0. The van der Waals surface area contributed by atoms with Crippen molar-refractivity contribution in [2.75, 3.05) is 12.4 Å². The van der Waals surface area contributed by atoms with Gasteiger partial charge in [0.15, 0.2) is 0 Å². The van der Waals surface area contributed by atoms with Gasteiger partial charge in [-0.15, -0.1) is 11.8 Å². The van der Waals surface area contributed by atoms with Crippen molar-refractivity contribution in [2.45, 2.75) is 25.7 Å². The molecule has 0 aromatic carbocycles. The molecule has 0 radical (unpaired) electrons. The number of nitro groups is 1. The van der Waals surface area contributed by atoms with E-state index >= 15 is 0 Å². The van der Waals surface area contributed by atoms with Crippen LogP contribution in [0.1, 0.15) is 25.7 Å². The fourth-order valence-corrected chi connectivity index (χ4v) is 2.35. The summed E-state index contributed by atoms with van der Waals surface area (Å²) in [5.41, 5.74) is 0.365. The number of hydrogen-bond donors (Lipinski definition) is 1. The minimum atomic E-state index is -0.279. The van der Waals surface area contributed by atoms with E-state index in [4.69, 9.17) is 5.11 Å². The highest BCUT2D eigenvalue weighted by Crippen LogP contribution is 2.32. The van der Waals surface area contributed by atoms with E-state index in [9.17, 15) is 10.1 Å². The molecule has 0 bridgehead atoms. The molecule has 0 aliphatic heterocycles. The first-order valence-corrected chi connectivity index (χ1v) is 5.34. The fraction of sp³-hybridized carbons (Fsp3) is 0.750. The zero-order valence-electron chi connectivity index (χ0n) is 7.36. The topological polar surface area (TPSA) is 63.4 Å². The van der Waals surface area contributed by atoms with Crippen LogP contribution in [0, 0.1) is 10.1 Å². The summed E-state index contributed by atoms with van der Waals surface area (Å²) in [4.78, 5) is 11.2. The first kappa shape index (κ1) is 10.5. The largest absolute Gasteiger partial charge is 0.396 e. The van der Waals surface area contributed by atoms with Crippen molar-refractivity contribution in [3.05, 3.63) is 20.7 Å². The first-order valence-electron chi connectivity index (χ1n) is 4.35. The van der Waals surface area contributed by atoms with Crippen molar-refractivity contribution in [3.8, 4) is 0 Å². The molecule has 1 N–H and O–H groups in total. The van der Waals surface area contributed by atoms with Crippen LogP contribution in [0.25, 0.3) is 0 Å². The highest BCUT2D eigenvalue weighted by Gasteiger charge is 2.21. The second-order valence-electron chi connectivity index (χ2n) is 2.91. The Hall–Kier alpha value is -0.550. The van der Waals surface area contributed by atoms with Crippen molar-refractivity contribution < 1.29 is 10.0 Å². The second kappa shape index (κ2) is 5.24. The predicted molar refractivity (Wildman–Crippen MR) is 52.0 cm³/mol. The molecule has 0 heterocycles. The van der Waals surface area contributed by atoms with E-state index in [1.807, 2.05) is 0 Å². The van der Waals surface area contributed by atoms with E-state index in [0.29, 0.717) is 17.9 Å². The maximum absolute atomic E-state index is 10.6. The van der Waals surface area contributed by atoms with Gasteiger partial charge >= 0.3 is 0 Å². The van der Waals surface area contributed by atoms with Crippen molar-refractivity contribution in [1.82, 2.24) is 0 Å². The Morgan fingerprint density at radius 1 is 1.46 bits per heavy atom. The maximum Gasteiger partial charge on any atom is 0.255 e. The third kappa shape index (κ3) is 3.00. The molecule has 0 aromatic rings. The average Bonchev–Trinajstić information content (AvgIpc) is 2.15. The lowest BCUT2D eigenvalue weighted by Crippen LogP contribution is -2.07. The van der Waals surface area contributed by atoms with Crippen LogP contribution >= 0.6 is 11.8 Å². The molecule has 0 aromatic heterocycles. The van der Waals surface area contributed by atoms with Gasteiger partial charge in [0.1, 0.15) is 0 Å². The Balaban J connectivity index is 2.65. The Labute approximate surface area is 81.2 Å². The third-order valence-electron chi connectivity index (χ3n) is 1.98. The number of allylic oxidation sites excluding steroid dienone is 2. The SMILES string of the molecule is O=[N+]([O-])C1=C(SCCO)CCCC1. The molecule has 1 rings (SSSR count). The van der Waals surface area contributed by atoms with Gasteiger partial charge in [-0.2, -0.15) is 0 Å². The van der Waals surface area contributed by atoms with Crippen LogP contribution in [0.15, 0.2) is 10.6 Å². The number of rotatable bonds is 4. The molecule has 13 heavy (non-hydrogen) atoms. The average molecular weight is 203 g/mol. The molecule has 5 heteroatoms. The van der Waals surface area contributed by atoms with Crippen molar-refractivity contribution in [3.63, 3.8) is 0 Å². The summed E-state index contributed by atoms with van der Waals surface area (Å²) >= 11 is 1.42. The quantitative estimate of drug-likeness (QED) is 0.558. The molecule has 1 aliphatic rings. The van der Waals surface area contributed by atoms with E-state index in [1.165, 1.54) is 11.8 Å². The van der Waals surface area contributed by atoms with Gasteiger partial charge in [-0.25, -0.2) is 0 Å². The van der Waals surface area contributed by atoms with E-state index in [-0.39, 0.29) is 11.5 Å². The molecule has 0 spiro atoms. The van der Waals surface area contributed by atoms with Gasteiger partial charge in [-0.3, -0.25) is 10.1 Å². The first-order chi connectivity index (χ1) is 6.25. The van der Waals surface area contributed by atoms with E-state index in [1.54, 1.807) is 0 Å². The Bertz CT molecular complexity index is 227. The van der Waals surface area contributed by atoms with E-state index in [2.05, 4.69) is 0 Å². The highest BCUT2D eigenvalue weighted by atomic mass is 32.2. The molecule has 0 saturated carbocycles. The van der Waals surface area contributed by atoms with Crippen molar-refractivity contribution >= 4 is 11.8 Å². The monoisotopic (exact) mass is 203 g/mol. The number of hydrogen-bond acceptors (Lipinski definition) is 4. The lowest BCUT2D eigenvalue weighted by Gasteiger charge is -2.12. The smallest absolute Gasteiger partial charge is 0.255 e. The molecular formula is C8H13NO3S. The molecular weight excluding hydrogens is 190 g/mol. The minimum Gasteiger partial charge on any atom is -0.396 e. The molecule has 0 unspecified atom stereocenters. The number of aliphatic hydroxyl groups is 1. The van der Waals surface area contributed by atoms with Gasteiger partial charge in [0, 0.05) is 12.2 Å². The Kier molecular flexibility index (Phi) is 4.24. The van der Waals surface area contributed by atoms with Gasteiger partial charge < -0.3 is 5.11 Å². The Morgan fingerprint density at radius 3 is 2.77 bits per heavy atom. The zero-order valence-corrected chi connectivity index (χ0v) is 8.18. The van der Waals surface area contributed by atoms with Gasteiger partial charge in [-0.05, 0) is 19.3 Å². The third-order valence-corrected chi connectivity index (χ3v) is 3.15. The predicted octanol–water partition coefficient (Wildman–Crippen LogP) is 1.77. The summed E-state index contributed by atoms with van der Waals surface area (Å²) in [5.74, 6) is 0.562. The number of thioether (sulfide) groups is 1. The van der Waals surface area contributed by atoms with E-state index in [0.717, 1.165) is 24.2 Å². The molecule has 74 valence electrons. The minimum absolute atomic E-state index is 0.0825. The second-order valence-corrected chi connectivity index (χ2v) is 4.10. The Morgan fingerprint density at radius 2 is 2.15 bits per heavy atom. The van der Waals surface area contributed by atoms with E-state index < -0.39 is 0 Å². The van der Waals surface area contributed by atoms with Crippen LogP contribution in [0.5, 0.6) is 0 Å². The summed E-state index contributed by atoms with van der Waals surface area (Å²) in [6.45, 7) is 0.0825. The molecule has 0 atom stereocenters. The highest BCUT2D eigenvalue weighted by molar-refractivity contribution is 8.03. The summed E-state index contributed by atoms with van der Waals surface area (Å²) in [5, 5.41) is 19.2.